The predicted molar refractivity (Wildman–Crippen MR) is 118 cm³/mol. The maximum atomic E-state index is 12.0. The molecule has 30 heavy (non-hydrogen) atoms. The summed E-state index contributed by atoms with van der Waals surface area (Å²) >= 11 is 6.40. The molecule has 3 aromatic rings. The number of aromatic nitrogens is 4. The van der Waals surface area contributed by atoms with Crippen LogP contribution in [-0.4, -0.2) is 59.6 Å². The largest absolute Gasteiger partial charge is 0.353 e. The zero-order valence-corrected chi connectivity index (χ0v) is 17.8. The third kappa shape index (κ3) is 4.06. The van der Waals surface area contributed by atoms with Crippen LogP contribution < -0.4 is 20.4 Å². The van der Waals surface area contributed by atoms with Gasteiger partial charge in [-0.15, -0.1) is 0 Å². The molecule has 2 aromatic heterocycles. The van der Waals surface area contributed by atoms with Gasteiger partial charge in [-0.05, 0) is 19.1 Å². The molecule has 0 spiro atoms. The van der Waals surface area contributed by atoms with Crippen molar-refractivity contribution in [1.29, 1.82) is 0 Å². The molecule has 1 unspecified atom stereocenters. The van der Waals surface area contributed by atoms with Crippen molar-refractivity contribution in [2.75, 3.05) is 48.8 Å². The molecule has 1 aliphatic heterocycles. The number of carbonyl (C=O) groups excluding carboxylic acids is 1. The van der Waals surface area contributed by atoms with Crippen molar-refractivity contribution < 1.29 is 4.79 Å². The molecular formula is C20H23ClN8O. The number of rotatable bonds is 5. The molecule has 3 heterocycles. The molecule has 10 heteroatoms. The smallest absolute Gasteiger partial charge is 0.239 e. The molecule has 1 saturated heterocycles. The van der Waals surface area contributed by atoms with E-state index in [4.69, 9.17) is 16.6 Å². The van der Waals surface area contributed by atoms with Crippen LogP contribution in [0.5, 0.6) is 0 Å². The summed E-state index contributed by atoms with van der Waals surface area (Å²) in [6.07, 6.45) is 1.48. The van der Waals surface area contributed by atoms with Crippen LogP contribution in [0.1, 0.15) is 18.5 Å². The molecule has 0 aliphatic carbocycles. The molecule has 0 saturated carbocycles. The van der Waals surface area contributed by atoms with Gasteiger partial charge in [0, 0.05) is 38.1 Å². The highest BCUT2D eigenvalue weighted by atomic mass is 35.5. The summed E-state index contributed by atoms with van der Waals surface area (Å²) < 4.78 is 0. The number of hydrogen-bond acceptors (Lipinski definition) is 8. The van der Waals surface area contributed by atoms with Gasteiger partial charge in [-0.3, -0.25) is 4.79 Å². The Morgan fingerprint density at radius 2 is 2.10 bits per heavy atom. The van der Waals surface area contributed by atoms with Crippen LogP contribution >= 0.6 is 11.6 Å². The first-order chi connectivity index (χ1) is 14.4. The highest BCUT2D eigenvalue weighted by molar-refractivity contribution is 6.35. The van der Waals surface area contributed by atoms with Crippen LogP contribution in [0.2, 0.25) is 5.02 Å². The first kappa shape index (κ1) is 20.1. The number of hydrogen-bond donors (Lipinski definition) is 2. The fraction of sp³-hybridized carbons (Fsp3) is 0.350. The number of halogens is 1. The second-order valence-electron chi connectivity index (χ2n) is 7.35. The van der Waals surface area contributed by atoms with Crippen molar-refractivity contribution in [2.45, 2.75) is 13.0 Å². The normalized spacial score (nSPS) is 15.1. The van der Waals surface area contributed by atoms with E-state index in [-0.39, 0.29) is 18.5 Å². The average molecular weight is 427 g/mol. The van der Waals surface area contributed by atoms with Crippen LogP contribution in [0, 0.1) is 0 Å². The topological polar surface area (TPSA) is 99.2 Å². The number of para-hydroxylation sites is 1. The minimum absolute atomic E-state index is 0.0260. The van der Waals surface area contributed by atoms with E-state index in [9.17, 15) is 4.79 Å². The number of fused-ring (bicyclic) bond motifs is 1. The lowest BCUT2D eigenvalue weighted by molar-refractivity contribution is -0.120. The van der Waals surface area contributed by atoms with E-state index in [1.807, 2.05) is 49.0 Å². The van der Waals surface area contributed by atoms with E-state index in [2.05, 4.69) is 31.7 Å². The Hall–Kier alpha value is -3.20. The Labute approximate surface area is 179 Å². The zero-order valence-electron chi connectivity index (χ0n) is 17.1. The van der Waals surface area contributed by atoms with E-state index in [1.54, 1.807) is 0 Å². The lowest BCUT2D eigenvalue weighted by Crippen LogP contribution is -2.48. The predicted octanol–water partition coefficient (Wildman–Crippen LogP) is 2.25. The maximum absolute atomic E-state index is 12.0. The van der Waals surface area contributed by atoms with Crippen molar-refractivity contribution >= 4 is 46.1 Å². The van der Waals surface area contributed by atoms with E-state index in [1.165, 1.54) is 6.33 Å². The summed E-state index contributed by atoms with van der Waals surface area (Å²) in [6, 6.07) is 7.58. The number of amides is 1. The van der Waals surface area contributed by atoms with E-state index in [0.29, 0.717) is 35.5 Å². The van der Waals surface area contributed by atoms with E-state index >= 15 is 0 Å². The van der Waals surface area contributed by atoms with Gasteiger partial charge in [0.25, 0.3) is 0 Å². The average Bonchev–Trinajstić information content (AvgIpc) is 2.73. The number of nitrogens with one attached hydrogen (secondary N) is 2. The molecule has 1 aliphatic rings. The highest BCUT2D eigenvalue weighted by Crippen LogP contribution is 2.32. The number of benzene rings is 1. The summed E-state index contributed by atoms with van der Waals surface area (Å²) in [5.74, 6) is 1.74. The monoisotopic (exact) mass is 426 g/mol. The number of pyridine rings is 1. The summed E-state index contributed by atoms with van der Waals surface area (Å²) in [5.41, 5.74) is 1.65. The minimum Gasteiger partial charge on any atom is -0.353 e. The van der Waals surface area contributed by atoms with Crippen LogP contribution in [0.15, 0.2) is 30.6 Å². The molecule has 9 nitrogen and oxygen atoms in total. The number of anilines is 3. The molecule has 1 fully saturated rings. The molecular weight excluding hydrogens is 404 g/mol. The lowest BCUT2D eigenvalue weighted by atomic mass is 10.0. The van der Waals surface area contributed by atoms with Crippen molar-refractivity contribution in [2.24, 2.45) is 0 Å². The molecule has 1 atom stereocenters. The van der Waals surface area contributed by atoms with Gasteiger partial charge in [0.05, 0.1) is 23.1 Å². The van der Waals surface area contributed by atoms with Gasteiger partial charge >= 0.3 is 0 Å². The van der Waals surface area contributed by atoms with Crippen LogP contribution in [0.4, 0.5) is 17.7 Å². The molecule has 0 radical (unpaired) electrons. The Morgan fingerprint density at radius 3 is 2.87 bits per heavy atom. The number of carbonyl (C=O) groups is 1. The second-order valence-corrected chi connectivity index (χ2v) is 7.76. The standard InChI is InChI=1S/C20H23ClN8O/c1-12(25-19-23-11-24-20(27-19)28(2)3)14-9-13-5-4-6-15(21)17(13)26-18(14)29-8-7-22-16(30)10-29/h4-6,9,11-12H,7-8,10H2,1-3H3,(H,22,30)(H,23,24,25,27). The Balaban J connectivity index is 1.75. The fourth-order valence-corrected chi connectivity index (χ4v) is 3.63. The van der Waals surface area contributed by atoms with Crippen molar-refractivity contribution in [3.05, 3.63) is 41.2 Å². The maximum Gasteiger partial charge on any atom is 0.239 e. The quantitative estimate of drug-likeness (QED) is 0.640. The summed E-state index contributed by atoms with van der Waals surface area (Å²) in [7, 11) is 3.75. The fourth-order valence-electron chi connectivity index (χ4n) is 3.40. The molecule has 1 aromatic carbocycles. The zero-order chi connectivity index (χ0) is 21.3. The van der Waals surface area contributed by atoms with E-state index in [0.717, 1.165) is 16.8 Å². The van der Waals surface area contributed by atoms with Gasteiger partial charge in [0.15, 0.2) is 0 Å². The van der Waals surface area contributed by atoms with E-state index < -0.39 is 0 Å². The number of nitrogens with zero attached hydrogens (tertiary/aromatic N) is 6. The second kappa shape index (κ2) is 8.27. The molecule has 156 valence electrons. The molecule has 0 bridgehead atoms. The van der Waals surface area contributed by atoms with Crippen molar-refractivity contribution in [1.82, 2.24) is 25.3 Å². The molecule has 1 amide bonds. The Bertz CT molecular complexity index is 1090. The van der Waals surface area contributed by atoms with Crippen LogP contribution in [-0.2, 0) is 4.79 Å². The Morgan fingerprint density at radius 1 is 1.27 bits per heavy atom. The van der Waals surface area contributed by atoms with Gasteiger partial charge in [0.1, 0.15) is 12.1 Å². The van der Waals surface area contributed by atoms with Gasteiger partial charge in [-0.2, -0.15) is 4.98 Å². The third-order valence-electron chi connectivity index (χ3n) is 4.91. The SMILES string of the molecule is CC(Nc1ncnc(N(C)C)n1)c1cc2cccc(Cl)c2nc1N1CCNC(=O)C1. The summed E-state index contributed by atoms with van der Waals surface area (Å²) in [6.45, 7) is 3.51. The third-order valence-corrected chi connectivity index (χ3v) is 5.22. The van der Waals surface area contributed by atoms with Crippen molar-refractivity contribution in [3.63, 3.8) is 0 Å². The highest BCUT2D eigenvalue weighted by Gasteiger charge is 2.24. The van der Waals surface area contributed by atoms with Gasteiger partial charge < -0.3 is 20.4 Å². The van der Waals surface area contributed by atoms with Gasteiger partial charge in [0.2, 0.25) is 17.8 Å². The van der Waals surface area contributed by atoms with Gasteiger partial charge in [-0.1, -0.05) is 23.7 Å². The first-order valence-corrected chi connectivity index (χ1v) is 10.0. The van der Waals surface area contributed by atoms with Crippen molar-refractivity contribution in [3.8, 4) is 0 Å². The number of piperazine rings is 1. The van der Waals surface area contributed by atoms with Crippen LogP contribution in [0.25, 0.3) is 10.9 Å². The molecule has 2 N–H and O–H groups in total. The van der Waals surface area contributed by atoms with Crippen LogP contribution in [0.3, 0.4) is 0 Å². The first-order valence-electron chi connectivity index (χ1n) is 9.66. The minimum atomic E-state index is -0.168. The molecule has 4 rings (SSSR count). The Kier molecular flexibility index (Phi) is 5.54. The summed E-state index contributed by atoms with van der Waals surface area (Å²) in [4.78, 5) is 33.5. The summed E-state index contributed by atoms with van der Waals surface area (Å²) in [5, 5.41) is 7.70. The van der Waals surface area contributed by atoms with Gasteiger partial charge in [-0.25, -0.2) is 15.0 Å². The lowest BCUT2D eigenvalue weighted by Gasteiger charge is -2.31.